The number of amides is 1. The van der Waals surface area contributed by atoms with E-state index in [9.17, 15) is 13.2 Å². The van der Waals surface area contributed by atoms with E-state index in [1.54, 1.807) is 13.8 Å². The van der Waals surface area contributed by atoms with Crippen molar-refractivity contribution >= 4 is 25.6 Å². The Hall–Kier alpha value is -1.31. The van der Waals surface area contributed by atoms with Gasteiger partial charge in [-0.1, -0.05) is 0 Å². The van der Waals surface area contributed by atoms with Crippen molar-refractivity contribution in [1.29, 1.82) is 0 Å². The highest BCUT2D eigenvalue weighted by molar-refractivity contribution is 8.13. The molecule has 6 nitrogen and oxygen atoms in total. The van der Waals surface area contributed by atoms with Gasteiger partial charge in [0.2, 0.25) is 0 Å². The summed E-state index contributed by atoms with van der Waals surface area (Å²) in [6.45, 7) is 4.20. The van der Waals surface area contributed by atoms with Gasteiger partial charge >= 0.3 is 0 Å². The van der Waals surface area contributed by atoms with Crippen LogP contribution in [0.25, 0.3) is 0 Å². The Morgan fingerprint density at radius 2 is 2.10 bits per heavy atom. The van der Waals surface area contributed by atoms with E-state index >= 15 is 0 Å². The van der Waals surface area contributed by atoms with E-state index in [1.807, 2.05) is 0 Å². The van der Waals surface area contributed by atoms with Crippen molar-refractivity contribution in [3.05, 3.63) is 23.8 Å². The minimum atomic E-state index is -3.91. The van der Waals surface area contributed by atoms with Gasteiger partial charge in [0, 0.05) is 24.3 Å². The molecule has 0 bridgehead atoms. The molecule has 1 unspecified atom stereocenters. The van der Waals surface area contributed by atoms with Crippen LogP contribution >= 0.6 is 10.7 Å². The molecule has 0 saturated heterocycles. The zero-order valence-corrected chi connectivity index (χ0v) is 13.6. The predicted octanol–water partition coefficient (Wildman–Crippen LogP) is 1.78. The first-order valence-electron chi connectivity index (χ1n) is 6.32. The molecule has 1 aromatic rings. The number of hydrogen-bond acceptors (Lipinski definition) is 5. The van der Waals surface area contributed by atoms with Crippen LogP contribution < -0.4 is 10.1 Å². The van der Waals surface area contributed by atoms with Gasteiger partial charge in [-0.2, -0.15) is 0 Å². The van der Waals surface area contributed by atoms with Crippen molar-refractivity contribution in [3.63, 3.8) is 0 Å². The van der Waals surface area contributed by atoms with Crippen molar-refractivity contribution in [2.75, 3.05) is 20.3 Å². The molecule has 0 aliphatic rings. The van der Waals surface area contributed by atoms with Crippen molar-refractivity contribution in [3.8, 4) is 5.75 Å². The summed E-state index contributed by atoms with van der Waals surface area (Å²) >= 11 is 0. The monoisotopic (exact) mass is 335 g/mol. The second kappa shape index (κ2) is 7.63. The maximum Gasteiger partial charge on any atom is 0.261 e. The summed E-state index contributed by atoms with van der Waals surface area (Å²) < 4.78 is 33.1. The number of methoxy groups -OCH3 is 1. The van der Waals surface area contributed by atoms with E-state index in [1.165, 1.54) is 25.3 Å². The summed E-state index contributed by atoms with van der Waals surface area (Å²) in [7, 11) is 2.91. The Morgan fingerprint density at radius 3 is 2.62 bits per heavy atom. The van der Waals surface area contributed by atoms with Crippen LogP contribution in [0, 0.1) is 0 Å². The molecule has 1 aromatic carbocycles. The zero-order chi connectivity index (χ0) is 16.0. The molecule has 1 amide bonds. The molecule has 0 aliphatic carbocycles. The van der Waals surface area contributed by atoms with Crippen LogP contribution in [0.15, 0.2) is 23.1 Å². The molecule has 0 fully saturated rings. The van der Waals surface area contributed by atoms with Gasteiger partial charge in [-0.3, -0.25) is 4.79 Å². The fraction of sp³-hybridized carbons (Fsp3) is 0.462. The Labute approximate surface area is 128 Å². The van der Waals surface area contributed by atoms with Gasteiger partial charge in [-0.25, -0.2) is 8.42 Å². The summed E-state index contributed by atoms with van der Waals surface area (Å²) in [5.74, 6) is -0.159. The van der Waals surface area contributed by atoms with Gasteiger partial charge in [-0.05, 0) is 32.0 Å². The smallest absolute Gasteiger partial charge is 0.261 e. The highest BCUT2D eigenvalue weighted by atomic mass is 35.7. The molecular weight excluding hydrogens is 318 g/mol. The summed E-state index contributed by atoms with van der Waals surface area (Å²) in [6, 6.07) is 3.90. The SMILES string of the molecule is CCOc1ccc(S(=O)(=O)Cl)cc1C(=O)NCC(C)OC. The summed E-state index contributed by atoms with van der Waals surface area (Å²) in [6.07, 6.45) is -0.163. The highest BCUT2D eigenvalue weighted by Gasteiger charge is 2.18. The van der Waals surface area contributed by atoms with Crippen LogP contribution in [0.1, 0.15) is 24.2 Å². The molecule has 0 heterocycles. The quantitative estimate of drug-likeness (QED) is 0.768. The fourth-order valence-corrected chi connectivity index (χ4v) is 2.31. The average molecular weight is 336 g/mol. The van der Waals surface area contributed by atoms with Crippen LogP contribution in [0.3, 0.4) is 0 Å². The minimum absolute atomic E-state index is 0.113. The molecule has 0 aliphatic heterocycles. The third-order valence-electron chi connectivity index (χ3n) is 2.73. The predicted molar refractivity (Wildman–Crippen MR) is 79.5 cm³/mol. The minimum Gasteiger partial charge on any atom is -0.493 e. The summed E-state index contributed by atoms with van der Waals surface area (Å²) in [4.78, 5) is 12.0. The second-order valence-electron chi connectivity index (χ2n) is 4.29. The molecule has 8 heteroatoms. The van der Waals surface area contributed by atoms with E-state index in [2.05, 4.69) is 5.32 Å². The van der Waals surface area contributed by atoms with Gasteiger partial charge in [0.05, 0.1) is 23.2 Å². The fourth-order valence-electron chi connectivity index (χ4n) is 1.53. The van der Waals surface area contributed by atoms with Gasteiger partial charge in [0.25, 0.3) is 15.0 Å². The molecule has 0 saturated carbocycles. The Kier molecular flexibility index (Phi) is 6.44. The molecule has 1 atom stereocenters. The largest absolute Gasteiger partial charge is 0.493 e. The summed E-state index contributed by atoms with van der Waals surface area (Å²) in [5.41, 5.74) is 0.113. The number of carbonyl (C=O) groups excluding carboxylic acids is 1. The van der Waals surface area contributed by atoms with E-state index < -0.39 is 15.0 Å². The van der Waals surface area contributed by atoms with Crippen molar-refractivity contribution in [1.82, 2.24) is 5.32 Å². The molecular formula is C13H18ClNO5S. The van der Waals surface area contributed by atoms with Gasteiger partial charge in [-0.15, -0.1) is 0 Å². The van der Waals surface area contributed by atoms with Gasteiger partial charge < -0.3 is 14.8 Å². The first-order valence-corrected chi connectivity index (χ1v) is 8.63. The highest BCUT2D eigenvalue weighted by Crippen LogP contribution is 2.24. The molecule has 0 aromatic heterocycles. The number of halogens is 1. The van der Waals surface area contributed by atoms with Crippen LogP contribution in [-0.4, -0.2) is 40.7 Å². The van der Waals surface area contributed by atoms with Crippen LogP contribution in [0.4, 0.5) is 0 Å². The van der Waals surface area contributed by atoms with Crippen LogP contribution in [0.2, 0.25) is 0 Å². The lowest BCUT2D eigenvalue weighted by Gasteiger charge is -2.14. The third kappa shape index (κ3) is 5.18. The van der Waals surface area contributed by atoms with Crippen molar-refractivity contribution in [2.24, 2.45) is 0 Å². The summed E-state index contributed by atoms with van der Waals surface area (Å²) in [5, 5.41) is 2.65. The standard InChI is InChI=1S/C13H18ClNO5S/c1-4-20-12-6-5-10(21(14,17)18)7-11(12)13(16)15-8-9(2)19-3/h5-7,9H,4,8H2,1-3H3,(H,15,16). The van der Waals surface area contributed by atoms with E-state index in [4.69, 9.17) is 20.2 Å². The number of hydrogen-bond donors (Lipinski definition) is 1. The zero-order valence-electron chi connectivity index (χ0n) is 12.1. The van der Waals surface area contributed by atoms with E-state index in [-0.39, 0.29) is 16.6 Å². The Bertz CT molecular complexity index is 603. The number of ether oxygens (including phenoxy) is 2. The lowest BCUT2D eigenvalue weighted by atomic mass is 10.2. The molecule has 0 spiro atoms. The van der Waals surface area contributed by atoms with Crippen molar-refractivity contribution in [2.45, 2.75) is 24.8 Å². The first-order chi connectivity index (χ1) is 9.79. The molecule has 1 N–H and O–H groups in total. The molecule has 118 valence electrons. The molecule has 0 radical (unpaired) electrons. The maximum absolute atomic E-state index is 12.2. The topological polar surface area (TPSA) is 81.7 Å². The lowest BCUT2D eigenvalue weighted by molar-refractivity contribution is 0.0867. The van der Waals surface area contributed by atoms with Gasteiger partial charge in [0.1, 0.15) is 5.75 Å². The molecule has 21 heavy (non-hydrogen) atoms. The average Bonchev–Trinajstić information content (AvgIpc) is 2.43. The number of carbonyl (C=O) groups is 1. The van der Waals surface area contributed by atoms with Crippen LogP contribution in [-0.2, 0) is 13.8 Å². The first kappa shape index (κ1) is 17.7. The van der Waals surface area contributed by atoms with E-state index in [0.29, 0.717) is 18.9 Å². The third-order valence-corrected chi connectivity index (χ3v) is 4.08. The second-order valence-corrected chi connectivity index (χ2v) is 6.85. The lowest BCUT2D eigenvalue weighted by Crippen LogP contribution is -2.31. The molecule has 1 rings (SSSR count). The normalized spacial score (nSPS) is 12.8. The van der Waals surface area contributed by atoms with Gasteiger partial charge in [0.15, 0.2) is 0 Å². The number of benzene rings is 1. The van der Waals surface area contributed by atoms with E-state index in [0.717, 1.165) is 0 Å². The maximum atomic E-state index is 12.2. The number of rotatable bonds is 7. The Morgan fingerprint density at radius 1 is 1.43 bits per heavy atom. The Balaban J connectivity index is 3.08. The van der Waals surface area contributed by atoms with Crippen LogP contribution in [0.5, 0.6) is 5.75 Å². The van der Waals surface area contributed by atoms with Crippen molar-refractivity contribution < 1.29 is 22.7 Å². The number of nitrogens with one attached hydrogen (secondary N) is 1.